The third-order valence-corrected chi connectivity index (χ3v) is 3.27. The Morgan fingerprint density at radius 3 is 2.67 bits per heavy atom. The molecule has 0 fully saturated rings. The normalized spacial score (nSPS) is 17.1. The van der Waals surface area contributed by atoms with E-state index in [-0.39, 0.29) is 0 Å². The van der Waals surface area contributed by atoms with Crippen LogP contribution in [0, 0.1) is 0 Å². The third kappa shape index (κ3) is 2.34. The van der Waals surface area contributed by atoms with Crippen LogP contribution in [0.3, 0.4) is 0 Å². The molecule has 82 valence electrons. The van der Waals surface area contributed by atoms with E-state index < -0.39 is 0 Å². The number of nitrogens with zero attached hydrogens (tertiary/aromatic N) is 1. The van der Waals surface area contributed by atoms with Crippen LogP contribution in [-0.4, -0.2) is 12.6 Å². The first kappa shape index (κ1) is 10.5. The monoisotopic (exact) mass is 203 g/mol. The van der Waals surface area contributed by atoms with E-state index in [2.05, 4.69) is 43.0 Å². The van der Waals surface area contributed by atoms with Crippen LogP contribution in [0.2, 0.25) is 0 Å². The number of hydrogen-bond donors (Lipinski definition) is 0. The summed E-state index contributed by atoms with van der Waals surface area (Å²) in [4.78, 5) is 2.55. The molecule has 15 heavy (non-hydrogen) atoms. The number of para-hydroxylation sites is 1. The summed E-state index contributed by atoms with van der Waals surface area (Å²) >= 11 is 0. The quantitative estimate of drug-likeness (QED) is 0.673. The van der Waals surface area contributed by atoms with E-state index in [1.165, 1.54) is 43.5 Å². The maximum Gasteiger partial charge on any atom is 0.0401 e. The van der Waals surface area contributed by atoms with Crippen LogP contribution >= 0.6 is 0 Å². The largest absolute Gasteiger partial charge is 0.369 e. The van der Waals surface area contributed by atoms with Gasteiger partial charge in [0.25, 0.3) is 0 Å². The van der Waals surface area contributed by atoms with E-state index >= 15 is 0 Å². The zero-order valence-corrected chi connectivity index (χ0v) is 9.87. The summed E-state index contributed by atoms with van der Waals surface area (Å²) in [6.07, 6.45) is 5.31. The molecule has 0 saturated heterocycles. The van der Waals surface area contributed by atoms with Crippen LogP contribution in [-0.2, 0) is 6.42 Å². The Morgan fingerprint density at radius 1 is 1.07 bits per heavy atom. The van der Waals surface area contributed by atoms with Gasteiger partial charge in [0.1, 0.15) is 0 Å². The first-order chi connectivity index (χ1) is 7.29. The van der Waals surface area contributed by atoms with Gasteiger partial charge in [-0.15, -0.1) is 0 Å². The van der Waals surface area contributed by atoms with Gasteiger partial charge in [0.15, 0.2) is 0 Å². The summed E-state index contributed by atoms with van der Waals surface area (Å²) in [5, 5.41) is 0. The minimum absolute atomic E-state index is 0.615. The molecule has 0 unspecified atom stereocenters. The lowest BCUT2D eigenvalue weighted by molar-refractivity contribution is 0.594. The van der Waals surface area contributed by atoms with Gasteiger partial charge < -0.3 is 4.90 Å². The van der Waals surface area contributed by atoms with E-state index in [0.717, 1.165) is 0 Å². The van der Waals surface area contributed by atoms with Crippen molar-refractivity contribution in [3.05, 3.63) is 29.8 Å². The van der Waals surface area contributed by atoms with E-state index in [1.807, 2.05) is 0 Å². The zero-order chi connectivity index (χ0) is 10.7. The Bertz CT molecular complexity index is 317. The first-order valence-corrected chi connectivity index (χ1v) is 6.13. The van der Waals surface area contributed by atoms with Crippen molar-refractivity contribution in [2.24, 2.45) is 0 Å². The maximum atomic E-state index is 2.55. The molecule has 0 aliphatic carbocycles. The molecule has 0 bridgehead atoms. The van der Waals surface area contributed by atoms with Crippen LogP contribution in [0.4, 0.5) is 5.69 Å². The van der Waals surface area contributed by atoms with E-state index in [0.29, 0.717) is 6.04 Å². The number of benzene rings is 1. The van der Waals surface area contributed by atoms with Gasteiger partial charge in [-0.2, -0.15) is 0 Å². The van der Waals surface area contributed by atoms with E-state index in [9.17, 15) is 0 Å². The molecule has 0 N–H and O–H groups in total. The van der Waals surface area contributed by atoms with Crippen molar-refractivity contribution in [2.45, 2.75) is 45.6 Å². The minimum Gasteiger partial charge on any atom is -0.369 e. The van der Waals surface area contributed by atoms with Crippen molar-refractivity contribution in [3.8, 4) is 0 Å². The predicted octanol–water partition coefficient (Wildman–Crippen LogP) is 3.63. The van der Waals surface area contributed by atoms with Crippen molar-refractivity contribution in [1.82, 2.24) is 0 Å². The first-order valence-electron chi connectivity index (χ1n) is 6.13. The highest BCUT2D eigenvalue weighted by molar-refractivity contribution is 5.54. The molecule has 0 atom stereocenters. The van der Waals surface area contributed by atoms with E-state index in [1.54, 1.807) is 0 Å². The lowest BCUT2D eigenvalue weighted by atomic mass is 10.0. The van der Waals surface area contributed by atoms with Crippen LogP contribution in [0.25, 0.3) is 0 Å². The molecule has 1 aromatic carbocycles. The van der Waals surface area contributed by atoms with Crippen molar-refractivity contribution in [2.75, 3.05) is 11.4 Å². The van der Waals surface area contributed by atoms with Gasteiger partial charge in [0.2, 0.25) is 0 Å². The van der Waals surface area contributed by atoms with Gasteiger partial charge in [-0.1, -0.05) is 24.6 Å². The fourth-order valence-electron chi connectivity index (χ4n) is 2.43. The number of rotatable bonds is 1. The van der Waals surface area contributed by atoms with Crippen LogP contribution in [0.15, 0.2) is 24.3 Å². The topological polar surface area (TPSA) is 3.24 Å². The number of aryl methyl sites for hydroxylation is 1. The average Bonchev–Trinajstić information content (AvgIpc) is 2.18. The molecule has 1 heterocycles. The Hall–Kier alpha value is -0.980. The second kappa shape index (κ2) is 4.69. The Morgan fingerprint density at radius 2 is 1.87 bits per heavy atom. The van der Waals surface area contributed by atoms with Crippen LogP contribution < -0.4 is 4.90 Å². The van der Waals surface area contributed by atoms with Gasteiger partial charge in [0, 0.05) is 18.3 Å². The predicted molar refractivity (Wildman–Crippen MR) is 66.5 cm³/mol. The molecule has 0 amide bonds. The third-order valence-electron chi connectivity index (χ3n) is 3.27. The number of hydrogen-bond acceptors (Lipinski definition) is 1. The highest BCUT2D eigenvalue weighted by Crippen LogP contribution is 2.26. The summed E-state index contributed by atoms with van der Waals surface area (Å²) in [5.74, 6) is 0. The summed E-state index contributed by atoms with van der Waals surface area (Å²) in [5.41, 5.74) is 3.00. The second-order valence-corrected chi connectivity index (χ2v) is 4.73. The summed E-state index contributed by atoms with van der Waals surface area (Å²) in [6.45, 7) is 5.80. The molecular weight excluding hydrogens is 182 g/mol. The smallest absolute Gasteiger partial charge is 0.0401 e. The molecular formula is C14H21N. The lowest BCUT2D eigenvalue weighted by Crippen LogP contribution is -2.33. The van der Waals surface area contributed by atoms with Gasteiger partial charge in [-0.3, -0.25) is 0 Å². The van der Waals surface area contributed by atoms with Crippen molar-refractivity contribution in [1.29, 1.82) is 0 Å². The SMILES string of the molecule is CC(C)N1CCCCCc2ccccc21. The molecule has 1 nitrogen and oxygen atoms in total. The molecule has 1 aromatic rings. The van der Waals surface area contributed by atoms with Gasteiger partial charge >= 0.3 is 0 Å². The molecule has 0 saturated carbocycles. The van der Waals surface area contributed by atoms with Gasteiger partial charge in [0.05, 0.1) is 0 Å². The average molecular weight is 203 g/mol. The number of anilines is 1. The number of fused-ring (bicyclic) bond motifs is 1. The van der Waals surface area contributed by atoms with Crippen molar-refractivity contribution >= 4 is 5.69 Å². The molecule has 0 radical (unpaired) electrons. The van der Waals surface area contributed by atoms with Crippen molar-refractivity contribution < 1.29 is 0 Å². The Kier molecular flexibility index (Phi) is 3.30. The lowest BCUT2D eigenvalue weighted by Gasteiger charge is -2.32. The summed E-state index contributed by atoms with van der Waals surface area (Å²) < 4.78 is 0. The fraction of sp³-hybridized carbons (Fsp3) is 0.571. The second-order valence-electron chi connectivity index (χ2n) is 4.73. The molecule has 1 aliphatic rings. The Balaban J connectivity index is 2.34. The van der Waals surface area contributed by atoms with Crippen LogP contribution in [0.1, 0.15) is 38.7 Å². The minimum atomic E-state index is 0.615. The van der Waals surface area contributed by atoms with Crippen molar-refractivity contribution in [3.63, 3.8) is 0 Å². The molecule has 0 aromatic heterocycles. The molecule has 0 spiro atoms. The molecule has 1 aliphatic heterocycles. The van der Waals surface area contributed by atoms with Gasteiger partial charge in [-0.25, -0.2) is 0 Å². The fourth-order valence-corrected chi connectivity index (χ4v) is 2.43. The summed E-state index contributed by atoms with van der Waals surface area (Å²) in [6, 6.07) is 9.51. The maximum absolute atomic E-state index is 2.55. The highest BCUT2D eigenvalue weighted by Gasteiger charge is 2.15. The van der Waals surface area contributed by atoms with Crippen LogP contribution in [0.5, 0.6) is 0 Å². The van der Waals surface area contributed by atoms with Gasteiger partial charge in [-0.05, 0) is 44.7 Å². The van der Waals surface area contributed by atoms with E-state index in [4.69, 9.17) is 0 Å². The standard InChI is InChI=1S/C14H21N/c1-12(2)15-11-7-3-4-8-13-9-5-6-10-14(13)15/h5-6,9-10,12H,3-4,7-8,11H2,1-2H3. The highest BCUT2D eigenvalue weighted by atomic mass is 15.2. The summed E-state index contributed by atoms with van der Waals surface area (Å²) in [7, 11) is 0. The molecule has 2 rings (SSSR count). The zero-order valence-electron chi connectivity index (χ0n) is 9.87. The Labute approximate surface area is 93.1 Å². The molecule has 1 heteroatoms.